The minimum absolute atomic E-state index is 0.0695. The zero-order valence-electron chi connectivity index (χ0n) is 11.5. The SMILES string of the molecule is COCCn1ncc(Cl)c1C(O)COc1ccc(Cl)cc1. The Bertz CT molecular complexity index is 572. The molecule has 1 atom stereocenters. The number of methoxy groups -OCH3 is 1. The van der Waals surface area contributed by atoms with E-state index in [2.05, 4.69) is 5.10 Å². The first-order chi connectivity index (χ1) is 10.1. The highest BCUT2D eigenvalue weighted by atomic mass is 35.5. The summed E-state index contributed by atoms with van der Waals surface area (Å²) in [6.07, 6.45) is 0.616. The number of halogens is 2. The van der Waals surface area contributed by atoms with E-state index >= 15 is 0 Å². The second-order valence-corrected chi connectivity index (χ2v) is 5.22. The molecule has 1 aromatic carbocycles. The third-order valence-electron chi connectivity index (χ3n) is 2.88. The Morgan fingerprint density at radius 2 is 2.00 bits per heavy atom. The van der Waals surface area contributed by atoms with Gasteiger partial charge in [-0.1, -0.05) is 23.2 Å². The molecule has 0 saturated heterocycles. The molecule has 2 rings (SSSR count). The molecule has 0 amide bonds. The smallest absolute Gasteiger partial charge is 0.131 e. The van der Waals surface area contributed by atoms with E-state index in [1.165, 1.54) is 6.20 Å². The average molecular weight is 331 g/mol. The van der Waals surface area contributed by atoms with Crippen LogP contribution in [-0.2, 0) is 11.3 Å². The molecule has 1 heterocycles. The number of hydrogen-bond donors (Lipinski definition) is 1. The summed E-state index contributed by atoms with van der Waals surface area (Å²) in [4.78, 5) is 0. The fraction of sp³-hybridized carbons (Fsp3) is 0.357. The number of aliphatic hydroxyl groups excluding tert-OH is 1. The molecule has 1 unspecified atom stereocenters. The third kappa shape index (κ3) is 4.35. The Hall–Kier alpha value is -1.27. The molecule has 1 N–H and O–H groups in total. The van der Waals surface area contributed by atoms with Crippen molar-refractivity contribution in [2.45, 2.75) is 12.6 Å². The molecule has 21 heavy (non-hydrogen) atoms. The molecule has 0 aliphatic rings. The van der Waals surface area contributed by atoms with E-state index in [1.807, 2.05) is 0 Å². The van der Waals surface area contributed by atoms with Gasteiger partial charge in [-0.05, 0) is 24.3 Å². The van der Waals surface area contributed by atoms with Gasteiger partial charge >= 0.3 is 0 Å². The molecule has 0 saturated carbocycles. The van der Waals surface area contributed by atoms with E-state index in [-0.39, 0.29) is 6.61 Å². The van der Waals surface area contributed by atoms with E-state index in [0.717, 1.165) is 0 Å². The summed E-state index contributed by atoms with van der Waals surface area (Å²) in [7, 11) is 1.60. The second-order valence-electron chi connectivity index (χ2n) is 4.37. The van der Waals surface area contributed by atoms with Crippen LogP contribution in [0.25, 0.3) is 0 Å². The lowest BCUT2D eigenvalue weighted by Gasteiger charge is -2.15. The van der Waals surface area contributed by atoms with Crippen molar-refractivity contribution in [2.75, 3.05) is 20.3 Å². The van der Waals surface area contributed by atoms with Crippen LogP contribution in [-0.4, -0.2) is 35.2 Å². The maximum absolute atomic E-state index is 10.2. The van der Waals surface area contributed by atoms with Crippen molar-refractivity contribution in [3.8, 4) is 5.75 Å². The average Bonchev–Trinajstić information content (AvgIpc) is 2.85. The normalized spacial score (nSPS) is 12.4. The molecule has 114 valence electrons. The summed E-state index contributed by atoms with van der Waals surface area (Å²) in [5.74, 6) is 0.623. The second kappa shape index (κ2) is 7.66. The predicted molar refractivity (Wildman–Crippen MR) is 81.0 cm³/mol. The van der Waals surface area contributed by atoms with Crippen LogP contribution in [0.3, 0.4) is 0 Å². The van der Waals surface area contributed by atoms with Crippen LogP contribution in [0.5, 0.6) is 5.75 Å². The Labute approximate surface area is 133 Å². The van der Waals surface area contributed by atoms with Crippen molar-refractivity contribution in [3.63, 3.8) is 0 Å². The first-order valence-electron chi connectivity index (χ1n) is 6.38. The minimum atomic E-state index is -0.882. The molecule has 0 bridgehead atoms. The number of benzene rings is 1. The maximum atomic E-state index is 10.2. The summed E-state index contributed by atoms with van der Waals surface area (Å²) in [6, 6.07) is 6.91. The summed E-state index contributed by atoms with van der Waals surface area (Å²) in [5, 5.41) is 15.4. The van der Waals surface area contributed by atoms with Crippen LogP contribution in [0, 0.1) is 0 Å². The molecule has 7 heteroatoms. The predicted octanol–water partition coefficient (Wildman–Crippen LogP) is 2.95. The highest BCUT2D eigenvalue weighted by Gasteiger charge is 2.18. The highest BCUT2D eigenvalue weighted by Crippen LogP contribution is 2.24. The van der Waals surface area contributed by atoms with Gasteiger partial charge in [0.15, 0.2) is 0 Å². The molecule has 0 aliphatic carbocycles. The quantitative estimate of drug-likeness (QED) is 0.847. The number of hydrogen-bond acceptors (Lipinski definition) is 4. The van der Waals surface area contributed by atoms with Crippen LogP contribution >= 0.6 is 23.2 Å². The molecule has 0 spiro atoms. The number of nitrogens with zero attached hydrogens (tertiary/aromatic N) is 2. The van der Waals surface area contributed by atoms with Crippen LogP contribution in [0.1, 0.15) is 11.8 Å². The lowest BCUT2D eigenvalue weighted by atomic mass is 10.2. The topological polar surface area (TPSA) is 56.5 Å². The van der Waals surface area contributed by atoms with Gasteiger partial charge in [-0.2, -0.15) is 5.10 Å². The van der Waals surface area contributed by atoms with E-state index < -0.39 is 6.10 Å². The van der Waals surface area contributed by atoms with E-state index in [1.54, 1.807) is 36.1 Å². The largest absolute Gasteiger partial charge is 0.490 e. The minimum Gasteiger partial charge on any atom is -0.490 e. The lowest BCUT2D eigenvalue weighted by Crippen LogP contribution is -2.17. The molecular formula is C14H16Cl2N2O3. The maximum Gasteiger partial charge on any atom is 0.131 e. The van der Waals surface area contributed by atoms with Crippen molar-refractivity contribution in [2.24, 2.45) is 0 Å². The Morgan fingerprint density at radius 3 is 2.67 bits per heavy atom. The van der Waals surface area contributed by atoms with Gasteiger partial charge in [-0.25, -0.2) is 0 Å². The van der Waals surface area contributed by atoms with Crippen LogP contribution in [0.15, 0.2) is 30.5 Å². The van der Waals surface area contributed by atoms with Gasteiger partial charge in [0.1, 0.15) is 18.5 Å². The van der Waals surface area contributed by atoms with Crippen molar-refractivity contribution in [3.05, 3.63) is 46.2 Å². The van der Waals surface area contributed by atoms with Gasteiger partial charge < -0.3 is 14.6 Å². The number of rotatable bonds is 7. The van der Waals surface area contributed by atoms with E-state index in [0.29, 0.717) is 34.6 Å². The fourth-order valence-corrected chi connectivity index (χ4v) is 2.24. The van der Waals surface area contributed by atoms with Crippen molar-refractivity contribution in [1.82, 2.24) is 9.78 Å². The molecular weight excluding hydrogens is 315 g/mol. The van der Waals surface area contributed by atoms with Crippen molar-refractivity contribution < 1.29 is 14.6 Å². The molecule has 1 aromatic heterocycles. The fourth-order valence-electron chi connectivity index (χ4n) is 1.84. The molecule has 0 aliphatic heterocycles. The Balaban J connectivity index is 2.01. The van der Waals surface area contributed by atoms with Gasteiger partial charge in [-0.15, -0.1) is 0 Å². The molecule has 2 aromatic rings. The van der Waals surface area contributed by atoms with Gasteiger partial charge in [0.05, 0.1) is 30.1 Å². The molecule has 5 nitrogen and oxygen atoms in total. The first-order valence-corrected chi connectivity index (χ1v) is 7.14. The highest BCUT2D eigenvalue weighted by molar-refractivity contribution is 6.31. The van der Waals surface area contributed by atoms with Crippen molar-refractivity contribution in [1.29, 1.82) is 0 Å². The molecule has 0 fully saturated rings. The van der Waals surface area contributed by atoms with Gasteiger partial charge in [0, 0.05) is 12.1 Å². The van der Waals surface area contributed by atoms with E-state index in [9.17, 15) is 5.11 Å². The van der Waals surface area contributed by atoms with Crippen molar-refractivity contribution >= 4 is 23.2 Å². The lowest BCUT2D eigenvalue weighted by molar-refractivity contribution is 0.0973. The summed E-state index contributed by atoms with van der Waals surface area (Å²) < 4.78 is 12.1. The van der Waals surface area contributed by atoms with Gasteiger partial charge in [-0.3, -0.25) is 4.68 Å². The zero-order chi connectivity index (χ0) is 15.2. The summed E-state index contributed by atoms with van der Waals surface area (Å²) in [5.41, 5.74) is 0.516. The summed E-state index contributed by atoms with van der Waals surface area (Å²) >= 11 is 11.9. The zero-order valence-corrected chi connectivity index (χ0v) is 13.0. The number of ether oxygens (including phenoxy) is 2. The van der Waals surface area contributed by atoms with Crippen LogP contribution in [0.4, 0.5) is 0 Å². The van der Waals surface area contributed by atoms with Crippen LogP contribution < -0.4 is 4.74 Å². The van der Waals surface area contributed by atoms with Gasteiger partial charge in [0.2, 0.25) is 0 Å². The standard InChI is InChI=1S/C14H16Cl2N2O3/c1-20-7-6-18-14(12(16)8-17-18)13(19)9-21-11-4-2-10(15)3-5-11/h2-5,8,13,19H,6-7,9H2,1H3. The monoisotopic (exact) mass is 330 g/mol. The Kier molecular flexibility index (Phi) is 5.87. The first kappa shape index (κ1) is 16.1. The number of aromatic nitrogens is 2. The Morgan fingerprint density at radius 1 is 1.29 bits per heavy atom. The third-order valence-corrected chi connectivity index (χ3v) is 3.42. The number of aliphatic hydroxyl groups is 1. The molecule has 0 radical (unpaired) electrons. The van der Waals surface area contributed by atoms with Gasteiger partial charge in [0.25, 0.3) is 0 Å². The van der Waals surface area contributed by atoms with Crippen LogP contribution in [0.2, 0.25) is 10.0 Å². The van der Waals surface area contributed by atoms with E-state index in [4.69, 9.17) is 32.7 Å². The summed E-state index contributed by atoms with van der Waals surface area (Å²) in [6.45, 7) is 1.06.